The van der Waals surface area contributed by atoms with Crippen LogP contribution in [0.3, 0.4) is 0 Å². The summed E-state index contributed by atoms with van der Waals surface area (Å²) in [6.45, 7) is 0. The Labute approximate surface area is 186 Å². The molecule has 0 aliphatic rings. The highest BCUT2D eigenvalue weighted by Gasteiger charge is 2.52. The van der Waals surface area contributed by atoms with Crippen LogP contribution in [-0.4, -0.2) is 23.2 Å². The van der Waals surface area contributed by atoms with Crippen molar-refractivity contribution in [1.29, 1.82) is 0 Å². The maximum Gasteiger partial charge on any atom is 0.283 e. The fourth-order valence-electron chi connectivity index (χ4n) is 3.25. The molecular weight excluding hydrogens is 482 g/mol. The molecule has 29 heavy (non-hydrogen) atoms. The molecule has 0 heterocycles. The van der Waals surface area contributed by atoms with Crippen molar-refractivity contribution >= 4 is 56.5 Å². The van der Waals surface area contributed by atoms with E-state index in [1.807, 2.05) is 0 Å². The highest BCUT2D eigenvalue weighted by Crippen LogP contribution is 2.53. The molecule has 0 aliphatic carbocycles. The number of phenolic OH excluding ortho intramolecular Hbond substituents is 2. The normalized spacial score (nSPS) is 13.8. The fraction of sp³-hybridized carbons (Fsp3) is 0.0526. The molecule has 10 heteroatoms. The lowest BCUT2D eigenvalue weighted by Gasteiger charge is -2.34. The molecule has 0 spiro atoms. The molecule has 3 aromatic rings. The summed E-state index contributed by atoms with van der Waals surface area (Å²) in [5.41, 5.74) is -0.581. The smallest absolute Gasteiger partial charge is 0.283 e. The second kappa shape index (κ2) is 7.87. The van der Waals surface area contributed by atoms with Gasteiger partial charge in [-0.15, -0.1) is 0 Å². The van der Waals surface area contributed by atoms with Gasteiger partial charge in [-0.25, -0.2) is 0 Å². The van der Waals surface area contributed by atoms with Gasteiger partial charge in [0.1, 0.15) is 11.5 Å². The van der Waals surface area contributed by atoms with E-state index in [1.54, 1.807) is 6.07 Å². The van der Waals surface area contributed by atoms with Crippen LogP contribution < -0.4 is 0 Å². The Bertz CT molecular complexity index is 1180. The Morgan fingerprint density at radius 1 is 0.828 bits per heavy atom. The number of halogens is 4. The maximum atomic E-state index is 13.0. The molecule has 152 valence electrons. The summed E-state index contributed by atoms with van der Waals surface area (Å²) in [6, 6.07) is 11.9. The average molecular weight is 494 g/mol. The van der Waals surface area contributed by atoms with Gasteiger partial charge in [-0.3, -0.25) is 4.55 Å². The lowest BCUT2D eigenvalue weighted by Crippen LogP contribution is -2.39. The van der Waals surface area contributed by atoms with E-state index in [4.69, 9.17) is 46.4 Å². The molecule has 0 aromatic heterocycles. The number of rotatable bonds is 4. The standard InChI is InChI=1S/C19H12Cl4O5S/c20-11-6-14(21)17(15(22)7-11)19(29(26,27)28,10-4-2-1-3-5-10)13-8-12(24)9-16(25)18(13)23/h1-9,24-25H,(H,26,27,28). The molecule has 0 saturated carbocycles. The van der Waals surface area contributed by atoms with Gasteiger partial charge in [-0.2, -0.15) is 8.42 Å². The summed E-state index contributed by atoms with van der Waals surface area (Å²) >= 11 is 24.9. The molecule has 3 N–H and O–H groups in total. The van der Waals surface area contributed by atoms with E-state index in [0.717, 1.165) is 12.1 Å². The van der Waals surface area contributed by atoms with Crippen molar-refractivity contribution < 1.29 is 23.2 Å². The van der Waals surface area contributed by atoms with Crippen LogP contribution >= 0.6 is 46.4 Å². The lowest BCUT2D eigenvalue weighted by molar-refractivity contribution is 0.444. The summed E-state index contributed by atoms with van der Waals surface area (Å²) in [7, 11) is -5.12. The van der Waals surface area contributed by atoms with Gasteiger partial charge in [0, 0.05) is 32.3 Å². The first-order valence-corrected chi connectivity index (χ1v) is 10.8. The molecule has 1 unspecified atom stereocenters. The second-order valence-electron chi connectivity index (χ2n) is 6.09. The predicted molar refractivity (Wildman–Crippen MR) is 114 cm³/mol. The monoisotopic (exact) mass is 492 g/mol. The molecule has 0 fully saturated rings. The van der Waals surface area contributed by atoms with Gasteiger partial charge >= 0.3 is 0 Å². The van der Waals surface area contributed by atoms with E-state index >= 15 is 0 Å². The van der Waals surface area contributed by atoms with Crippen molar-refractivity contribution in [2.75, 3.05) is 0 Å². The summed E-state index contributed by atoms with van der Waals surface area (Å²) in [6.07, 6.45) is 0. The highest BCUT2D eigenvalue weighted by atomic mass is 35.5. The molecule has 3 rings (SSSR count). The third-order valence-corrected chi connectivity index (χ3v) is 6.99. The lowest BCUT2D eigenvalue weighted by atomic mass is 9.83. The fourth-order valence-corrected chi connectivity index (χ4v) is 6.12. The zero-order valence-electron chi connectivity index (χ0n) is 14.3. The van der Waals surface area contributed by atoms with Crippen LogP contribution in [0.1, 0.15) is 16.7 Å². The topological polar surface area (TPSA) is 94.8 Å². The van der Waals surface area contributed by atoms with E-state index < -0.39 is 31.4 Å². The molecule has 5 nitrogen and oxygen atoms in total. The second-order valence-corrected chi connectivity index (χ2v) is 9.28. The summed E-state index contributed by atoms with van der Waals surface area (Å²) < 4.78 is 34.0. The zero-order valence-corrected chi connectivity index (χ0v) is 18.1. The molecule has 3 aromatic carbocycles. The molecule has 0 amide bonds. The molecule has 0 saturated heterocycles. The minimum absolute atomic E-state index is 0.0144. The molecule has 0 bridgehead atoms. The van der Waals surface area contributed by atoms with E-state index in [1.165, 1.54) is 36.4 Å². The van der Waals surface area contributed by atoms with Crippen molar-refractivity contribution in [3.63, 3.8) is 0 Å². The van der Waals surface area contributed by atoms with Crippen LogP contribution in [0.15, 0.2) is 54.6 Å². The first kappa shape index (κ1) is 22.0. The van der Waals surface area contributed by atoms with Crippen molar-refractivity contribution in [3.05, 3.63) is 91.4 Å². The number of hydrogen-bond donors (Lipinski definition) is 3. The van der Waals surface area contributed by atoms with Crippen molar-refractivity contribution in [1.82, 2.24) is 0 Å². The summed E-state index contributed by atoms with van der Waals surface area (Å²) in [5, 5.41) is 19.5. The van der Waals surface area contributed by atoms with Crippen LogP contribution in [0.25, 0.3) is 0 Å². The van der Waals surface area contributed by atoms with Crippen LogP contribution in [-0.2, 0) is 14.9 Å². The van der Waals surface area contributed by atoms with Gasteiger partial charge in [-0.05, 0) is 23.8 Å². The van der Waals surface area contributed by atoms with E-state index in [2.05, 4.69) is 0 Å². The third kappa shape index (κ3) is 3.65. The SMILES string of the molecule is O=S(=O)(O)C(c1ccccc1)(c1cc(O)cc(O)c1Cl)c1c(Cl)cc(Cl)cc1Cl. The van der Waals surface area contributed by atoms with Crippen molar-refractivity contribution in [2.45, 2.75) is 4.75 Å². The Morgan fingerprint density at radius 2 is 1.38 bits per heavy atom. The first-order valence-electron chi connectivity index (χ1n) is 7.89. The highest BCUT2D eigenvalue weighted by molar-refractivity contribution is 7.87. The number of hydrogen-bond acceptors (Lipinski definition) is 4. The van der Waals surface area contributed by atoms with E-state index in [-0.39, 0.29) is 31.8 Å². The van der Waals surface area contributed by atoms with Gasteiger partial charge in [0.2, 0.25) is 0 Å². The summed E-state index contributed by atoms with van der Waals surface area (Å²) in [4.78, 5) is 0. The zero-order chi connectivity index (χ0) is 21.6. The molecule has 1 atom stereocenters. The van der Waals surface area contributed by atoms with Gasteiger partial charge < -0.3 is 10.2 Å². The Hall–Kier alpha value is -1.67. The van der Waals surface area contributed by atoms with Crippen LogP contribution in [0.2, 0.25) is 20.1 Å². The largest absolute Gasteiger partial charge is 0.508 e. The number of aromatic hydroxyl groups is 2. The van der Waals surface area contributed by atoms with E-state index in [0.29, 0.717) is 0 Å². The van der Waals surface area contributed by atoms with Crippen LogP contribution in [0, 0.1) is 0 Å². The first-order chi connectivity index (χ1) is 13.5. The van der Waals surface area contributed by atoms with Crippen molar-refractivity contribution in [2.24, 2.45) is 0 Å². The number of benzene rings is 3. The molecule has 0 radical (unpaired) electrons. The van der Waals surface area contributed by atoms with Crippen LogP contribution in [0.5, 0.6) is 11.5 Å². The van der Waals surface area contributed by atoms with Crippen LogP contribution in [0.4, 0.5) is 0 Å². The Kier molecular flexibility index (Phi) is 5.98. The molecular formula is C19H12Cl4O5S. The van der Waals surface area contributed by atoms with Gasteiger partial charge in [0.05, 0.1) is 5.02 Å². The van der Waals surface area contributed by atoms with Gasteiger partial charge in [0.25, 0.3) is 10.1 Å². The Balaban J connectivity index is 2.67. The molecule has 0 aliphatic heterocycles. The average Bonchev–Trinajstić information content (AvgIpc) is 2.61. The van der Waals surface area contributed by atoms with E-state index in [9.17, 15) is 23.2 Å². The maximum absolute atomic E-state index is 13.0. The van der Waals surface area contributed by atoms with Gasteiger partial charge in [0.15, 0.2) is 4.75 Å². The number of phenols is 2. The minimum atomic E-state index is -5.12. The van der Waals surface area contributed by atoms with Gasteiger partial charge in [-0.1, -0.05) is 76.7 Å². The quantitative estimate of drug-likeness (QED) is 0.311. The van der Waals surface area contributed by atoms with Crippen molar-refractivity contribution in [3.8, 4) is 11.5 Å². The predicted octanol–water partition coefficient (Wildman–Crippen LogP) is 5.89. The third-order valence-electron chi connectivity index (χ3n) is 4.34. The summed E-state index contributed by atoms with van der Waals surface area (Å²) in [5.74, 6) is -1.10. The Morgan fingerprint density at radius 3 is 1.90 bits per heavy atom. The minimum Gasteiger partial charge on any atom is -0.508 e.